The molecule has 0 aliphatic carbocycles. The average Bonchev–Trinajstić information content (AvgIpc) is 2.52. The number of hydrogen-bond acceptors (Lipinski definition) is 4. The summed E-state index contributed by atoms with van der Waals surface area (Å²) in [5, 5.41) is 0. The molecule has 0 aromatic heterocycles. The van der Waals surface area contributed by atoms with Crippen molar-refractivity contribution in [2.24, 2.45) is 0 Å². The summed E-state index contributed by atoms with van der Waals surface area (Å²) in [4.78, 5) is 0. The first-order valence-corrected chi connectivity index (χ1v) is 8.83. The normalized spacial score (nSPS) is 11.6. The Morgan fingerprint density at radius 1 is 0.818 bits per heavy atom. The van der Waals surface area contributed by atoms with Crippen molar-refractivity contribution >= 4 is 0 Å². The van der Waals surface area contributed by atoms with Gasteiger partial charge in [0.05, 0.1) is 6.26 Å². The lowest BCUT2D eigenvalue weighted by Gasteiger charge is -2.16. The molecule has 0 spiro atoms. The van der Waals surface area contributed by atoms with Crippen LogP contribution in [0.1, 0.15) is 71.6 Å². The van der Waals surface area contributed by atoms with Crippen LogP contribution < -0.4 is 0 Å². The molecule has 0 radical (unpaired) electrons. The number of ether oxygens (including phenoxy) is 4. The third kappa shape index (κ3) is 15.8. The highest BCUT2D eigenvalue weighted by Gasteiger charge is 2.06. The quantitative estimate of drug-likeness (QED) is 0.214. The first-order valence-electron chi connectivity index (χ1n) is 8.83. The number of allylic oxidation sites excluding steroid dienone is 1. The second-order valence-electron chi connectivity index (χ2n) is 5.34. The highest BCUT2D eigenvalue weighted by Crippen LogP contribution is 2.12. The molecule has 0 saturated carbocycles. The first-order chi connectivity index (χ1) is 10.8. The summed E-state index contributed by atoms with van der Waals surface area (Å²) in [6, 6.07) is 0. The molecule has 4 heteroatoms. The largest absolute Gasteiger partial charge is 0.476 e. The zero-order chi connectivity index (χ0) is 16.3. The van der Waals surface area contributed by atoms with E-state index in [0.717, 1.165) is 26.1 Å². The molecule has 0 aromatic carbocycles. The van der Waals surface area contributed by atoms with Crippen molar-refractivity contribution in [3.63, 3.8) is 0 Å². The van der Waals surface area contributed by atoms with Crippen molar-refractivity contribution in [1.29, 1.82) is 0 Å². The molecule has 0 rings (SSSR count). The van der Waals surface area contributed by atoms with E-state index in [2.05, 4.69) is 6.08 Å². The fourth-order valence-electron chi connectivity index (χ4n) is 2.29. The van der Waals surface area contributed by atoms with Gasteiger partial charge in [0.15, 0.2) is 13.1 Å². The Morgan fingerprint density at radius 3 is 2.00 bits per heavy atom. The molecule has 0 aliphatic heterocycles. The lowest BCUT2D eigenvalue weighted by Crippen LogP contribution is -2.17. The topological polar surface area (TPSA) is 36.9 Å². The summed E-state index contributed by atoms with van der Waals surface area (Å²) in [6.07, 6.45) is 14.9. The molecule has 0 amide bonds. The van der Waals surface area contributed by atoms with Gasteiger partial charge < -0.3 is 18.9 Å². The van der Waals surface area contributed by atoms with Crippen molar-refractivity contribution in [1.82, 2.24) is 0 Å². The summed E-state index contributed by atoms with van der Waals surface area (Å²) < 4.78 is 21.0. The van der Waals surface area contributed by atoms with E-state index in [1.54, 1.807) is 13.4 Å². The second kappa shape index (κ2) is 18.5. The van der Waals surface area contributed by atoms with Crippen LogP contribution >= 0.6 is 0 Å². The van der Waals surface area contributed by atoms with Crippen LogP contribution in [-0.4, -0.2) is 33.4 Å². The predicted octanol–water partition coefficient (Wildman–Crippen LogP) is 5.03. The number of methoxy groups -OCH3 is 1. The SMILES string of the molecule is CCOC(CCCCCCCCCC=COCOC)OCC. The van der Waals surface area contributed by atoms with Crippen molar-refractivity contribution in [3.05, 3.63) is 12.3 Å². The van der Waals surface area contributed by atoms with E-state index in [1.165, 1.54) is 44.9 Å². The van der Waals surface area contributed by atoms with E-state index in [0.29, 0.717) is 6.79 Å². The van der Waals surface area contributed by atoms with Gasteiger partial charge in [-0.2, -0.15) is 0 Å². The molecule has 0 fully saturated rings. The summed E-state index contributed by atoms with van der Waals surface area (Å²) >= 11 is 0. The molecule has 132 valence electrons. The average molecular weight is 316 g/mol. The maximum Gasteiger partial charge on any atom is 0.187 e. The maximum atomic E-state index is 5.54. The molecule has 22 heavy (non-hydrogen) atoms. The van der Waals surface area contributed by atoms with Gasteiger partial charge in [-0.1, -0.05) is 32.1 Å². The minimum atomic E-state index is 0.00196. The highest BCUT2D eigenvalue weighted by atomic mass is 16.7. The first kappa shape index (κ1) is 21.4. The van der Waals surface area contributed by atoms with E-state index in [1.807, 2.05) is 13.8 Å². The van der Waals surface area contributed by atoms with E-state index >= 15 is 0 Å². The summed E-state index contributed by atoms with van der Waals surface area (Å²) in [5.41, 5.74) is 0. The van der Waals surface area contributed by atoms with Crippen molar-refractivity contribution in [2.75, 3.05) is 27.1 Å². The van der Waals surface area contributed by atoms with Crippen LogP contribution in [0.25, 0.3) is 0 Å². The maximum absolute atomic E-state index is 5.54. The van der Waals surface area contributed by atoms with Gasteiger partial charge in [-0.3, -0.25) is 0 Å². The standard InChI is InChI=1S/C18H36O4/c1-4-21-18(22-5-2)15-13-11-9-7-6-8-10-12-14-16-20-17-19-3/h14,16,18H,4-13,15,17H2,1-3H3. The van der Waals surface area contributed by atoms with Gasteiger partial charge in [0.2, 0.25) is 0 Å². The number of unbranched alkanes of at least 4 members (excludes halogenated alkanes) is 7. The van der Waals surface area contributed by atoms with E-state index in [9.17, 15) is 0 Å². The van der Waals surface area contributed by atoms with Crippen LogP contribution in [0.15, 0.2) is 12.3 Å². The third-order valence-corrected chi connectivity index (χ3v) is 3.39. The Bertz CT molecular complexity index is 225. The Kier molecular flexibility index (Phi) is 18.0. The van der Waals surface area contributed by atoms with Crippen molar-refractivity contribution in [2.45, 2.75) is 77.9 Å². The van der Waals surface area contributed by atoms with Crippen LogP contribution in [0.5, 0.6) is 0 Å². The Labute approximate surface area is 137 Å². The van der Waals surface area contributed by atoms with E-state index in [4.69, 9.17) is 18.9 Å². The molecule has 0 bridgehead atoms. The molecule has 0 aliphatic rings. The fourth-order valence-corrected chi connectivity index (χ4v) is 2.29. The smallest absolute Gasteiger partial charge is 0.187 e. The van der Waals surface area contributed by atoms with Crippen LogP contribution in [0, 0.1) is 0 Å². The van der Waals surface area contributed by atoms with Crippen LogP contribution in [-0.2, 0) is 18.9 Å². The number of hydrogen-bond donors (Lipinski definition) is 0. The molecule has 0 heterocycles. The van der Waals surface area contributed by atoms with Gasteiger partial charge in [-0.15, -0.1) is 0 Å². The van der Waals surface area contributed by atoms with Gasteiger partial charge in [0, 0.05) is 20.3 Å². The molecule has 0 unspecified atom stereocenters. The van der Waals surface area contributed by atoms with Gasteiger partial charge in [-0.05, 0) is 45.6 Å². The van der Waals surface area contributed by atoms with Crippen molar-refractivity contribution < 1.29 is 18.9 Å². The zero-order valence-electron chi connectivity index (χ0n) is 14.9. The number of rotatable bonds is 17. The fraction of sp³-hybridized carbons (Fsp3) is 0.889. The Balaban J connectivity index is 3.24. The van der Waals surface area contributed by atoms with Crippen LogP contribution in [0.3, 0.4) is 0 Å². The lowest BCUT2D eigenvalue weighted by atomic mass is 10.1. The molecule has 0 saturated heterocycles. The molecular formula is C18H36O4. The second-order valence-corrected chi connectivity index (χ2v) is 5.34. The molecule has 0 N–H and O–H groups in total. The monoisotopic (exact) mass is 316 g/mol. The van der Waals surface area contributed by atoms with Crippen LogP contribution in [0.4, 0.5) is 0 Å². The Morgan fingerprint density at radius 2 is 1.41 bits per heavy atom. The molecular weight excluding hydrogens is 280 g/mol. The molecule has 4 nitrogen and oxygen atoms in total. The lowest BCUT2D eigenvalue weighted by molar-refractivity contribution is -0.140. The van der Waals surface area contributed by atoms with Gasteiger partial charge in [0.1, 0.15) is 0 Å². The minimum absolute atomic E-state index is 0.00196. The van der Waals surface area contributed by atoms with Crippen molar-refractivity contribution in [3.8, 4) is 0 Å². The molecule has 0 aromatic rings. The predicted molar refractivity (Wildman–Crippen MR) is 90.7 cm³/mol. The van der Waals surface area contributed by atoms with Gasteiger partial charge in [-0.25, -0.2) is 0 Å². The summed E-state index contributed by atoms with van der Waals surface area (Å²) in [6.45, 7) is 5.84. The third-order valence-electron chi connectivity index (χ3n) is 3.39. The highest BCUT2D eigenvalue weighted by molar-refractivity contribution is 4.72. The zero-order valence-corrected chi connectivity index (χ0v) is 14.9. The van der Waals surface area contributed by atoms with Gasteiger partial charge >= 0.3 is 0 Å². The van der Waals surface area contributed by atoms with E-state index < -0.39 is 0 Å². The summed E-state index contributed by atoms with van der Waals surface area (Å²) in [5.74, 6) is 0. The van der Waals surface area contributed by atoms with Gasteiger partial charge in [0.25, 0.3) is 0 Å². The van der Waals surface area contributed by atoms with Crippen LogP contribution in [0.2, 0.25) is 0 Å². The van der Waals surface area contributed by atoms with E-state index in [-0.39, 0.29) is 6.29 Å². The minimum Gasteiger partial charge on any atom is -0.476 e. The Hall–Kier alpha value is -0.580. The summed E-state index contributed by atoms with van der Waals surface area (Å²) in [7, 11) is 1.63. The molecule has 0 atom stereocenters.